The van der Waals surface area contributed by atoms with Gasteiger partial charge in [0.15, 0.2) is 0 Å². The first kappa shape index (κ1) is 15.5. The number of amides is 2. The van der Waals surface area contributed by atoms with Gasteiger partial charge in [0.1, 0.15) is 16.9 Å². The molecule has 6 heteroatoms. The summed E-state index contributed by atoms with van der Waals surface area (Å²) in [6.07, 6.45) is 2.14. The molecule has 0 spiro atoms. The lowest BCUT2D eigenvalue weighted by Gasteiger charge is -2.35. The number of likely N-dealkylation sites (N-methyl/N-ethyl adjacent to an activating group) is 1. The van der Waals surface area contributed by atoms with Crippen molar-refractivity contribution in [2.24, 2.45) is 0 Å². The monoisotopic (exact) mass is 293 g/mol. The fourth-order valence-corrected chi connectivity index (χ4v) is 3.06. The maximum Gasteiger partial charge on any atom is 0.260 e. The first-order chi connectivity index (χ1) is 9.82. The number of hydrogen-bond donors (Lipinski definition) is 0. The Kier molecular flexibility index (Phi) is 4.07. The van der Waals surface area contributed by atoms with Crippen LogP contribution in [0.1, 0.15) is 48.5 Å². The Morgan fingerprint density at radius 1 is 1.43 bits per heavy atom. The third-order valence-electron chi connectivity index (χ3n) is 4.24. The van der Waals surface area contributed by atoms with E-state index in [0.717, 1.165) is 6.42 Å². The Morgan fingerprint density at radius 3 is 2.67 bits per heavy atom. The van der Waals surface area contributed by atoms with Crippen molar-refractivity contribution in [1.82, 2.24) is 15.0 Å². The first-order valence-corrected chi connectivity index (χ1v) is 7.31. The van der Waals surface area contributed by atoms with Crippen molar-refractivity contribution in [2.75, 3.05) is 20.6 Å². The van der Waals surface area contributed by atoms with Gasteiger partial charge in [-0.1, -0.05) is 12.1 Å². The molecule has 0 radical (unpaired) electrons. The third-order valence-corrected chi connectivity index (χ3v) is 4.24. The molecule has 6 nitrogen and oxygen atoms in total. The molecule has 1 fully saturated rings. The van der Waals surface area contributed by atoms with E-state index in [0.29, 0.717) is 36.4 Å². The van der Waals surface area contributed by atoms with Crippen LogP contribution in [0.5, 0.6) is 0 Å². The van der Waals surface area contributed by atoms with E-state index in [1.165, 1.54) is 0 Å². The summed E-state index contributed by atoms with van der Waals surface area (Å²) in [5, 5.41) is 3.94. The first-order valence-electron chi connectivity index (χ1n) is 7.31. The molecule has 0 aliphatic carbocycles. The van der Waals surface area contributed by atoms with Gasteiger partial charge in [-0.2, -0.15) is 0 Å². The van der Waals surface area contributed by atoms with Crippen LogP contribution in [-0.4, -0.2) is 52.9 Å². The lowest BCUT2D eigenvalue weighted by atomic mass is 9.96. The van der Waals surface area contributed by atoms with Crippen molar-refractivity contribution in [2.45, 2.75) is 45.6 Å². The van der Waals surface area contributed by atoms with Crippen LogP contribution in [0.2, 0.25) is 0 Å². The largest absolute Gasteiger partial charge is 0.361 e. The molecule has 0 N–H and O–H groups in total. The molecule has 1 aromatic heterocycles. The minimum Gasteiger partial charge on any atom is -0.361 e. The van der Waals surface area contributed by atoms with Crippen molar-refractivity contribution in [3.63, 3.8) is 0 Å². The normalized spacial score (nSPS) is 21.7. The van der Waals surface area contributed by atoms with Crippen molar-refractivity contribution in [3.8, 4) is 0 Å². The number of carbonyl (C=O) groups excluding carboxylic acids is 2. The summed E-state index contributed by atoms with van der Waals surface area (Å²) in [5.41, 5.74) is 0.385. The molecule has 0 unspecified atom stereocenters. The van der Waals surface area contributed by atoms with Crippen molar-refractivity contribution < 1.29 is 14.1 Å². The van der Waals surface area contributed by atoms with E-state index in [1.807, 2.05) is 13.8 Å². The van der Waals surface area contributed by atoms with Crippen LogP contribution >= 0.6 is 0 Å². The van der Waals surface area contributed by atoms with Gasteiger partial charge in [0.05, 0.1) is 5.69 Å². The highest BCUT2D eigenvalue weighted by Crippen LogP contribution is 2.33. The van der Waals surface area contributed by atoms with Gasteiger partial charge in [-0.25, -0.2) is 0 Å². The lowest BCUT2D eigenvalue weighted by molar-refractivity contribution is -0.138. The Bertz CT molecular complexity index is 565. The standard InChI is InChI=1S/C15H23N3O3/c1-6-11-12(10(2)21-16-11)13(19)18-9-7-8-15(18,3)14(20)17(4)5/h6-9H2,1-5H3/t15-/m1/s1. The number of aromatic nitrogens is 1. The van der Waals surface area contributed by atoms with E-state index in [4.69, 9.17) is 4.52 Å². The van der Waals surface area contributed by atoms with E-state index in [-0.39, 0.29) is 11.8 Å². The zero-order valence-electron chi connectivity index (χ0n) is 13.4. The molecule has 0 bridgehead atoms. The molecular formula is C15H23N3O3. The molecule has 0 saturated carbocycles. The van der Waals surface area contributed by atoms with Crippen LogP contribution in [0.15, 0.2) is 4.52 Å². The van der Waals surface area contributed by atoms with E-state index in [9.17, 15) is 9.59 Å². The molecule has 2 amide bonds. The number of nitrogens with zero attached hydrogens (tertiary/aromatic N) is 3. The predicted octanol–water partition coefficient (Wildman–Crippen LogP) is 1.63. The highest BCUT2D eigenvalue weighted by atomic mass is 16.5. The summed E-state index contributed by atoms with van der Waals surface area (Å²) in [5.74, 6) is 0.324. The smallest absolute Gasteiger partial charge is 0.260 e. The predicted molar refractivity (Wildman–Crippen MR) is 78.0 cm³/mol. The van der Waals surface area contributed by atoms with Gasteiger partial charge in [-0.05, 0) is 33.1 Å². The number of likely N-dealkylation sites (tertiary alicyclic amines) is 1. The van der Waals surface area contributed by atoms with E-state index < -0.39 is 5.54 Å². The van der Waals surface area contributed by atoms with Crippen LogP contribution < -0.4 is 0 Å². The summed E-state index contributed by atoms with van der Waals surface area (Å²) in [6, 6.07) is 0. The van der Waals surface area contributed by atoms with E-state index in [1.54, 1.807) is 30.8 Å². The van der Waals surface area contributed by atoms with Gasteiger partial charge in [-0.15, -0.1) is 0 Å². The summed E-state index contributed by atoms with van der Waals surface area (Å²) >= 11 is 0. The molecule has 21 heavy (non-hydrogen) atoms. The van der Waals surface area contributed by atoms with Crippen molar-refractivity contribution in [1.29, 1.82) is 0 Å². The third kappa shape index (κ3) is 2.43. The molecular weight excluding hydrogens is 270 g/mol. The Balaban J connectivity index is 2.38. The molecule has 1 aliphatic heterocycles. The second kappa shape index (κ2) is 5.50. The molecule has 116 valence electrons. The van der Waals surface area contributed by atoms with Gasteiger partial charge in [0.25, 0.3) is 5.91 Å². The minimum atomic E-state index is -0.782. The summed E-state index contributed by atoms with van der Waals surface area (Å²) in [4.78, 5) is 28.6. The van der Waals surface area contributed by atoms with Gasteiger partial charge in [0, 0.05) is 20.6 Å². The fourth-order valence-electron chi connectivity index (χ4n) is 3.06. The number of aryl methyl sites for hydroxylation is 2. The zero-order valence-corrected chi connectivity index (χ0v) is 13.4. The molecule has 2 heterocycles. The van der Waals surface area contributed by atoms with Gasteiger partial charge in [-0.3, -0.25) is 9.59 Å². The maximum atomic E-state index is 12.9. The summed E-state index contributed by atoms with van der Waals surface area (Å²) in [6.45, 7) is 6.10. The lowest BCUT2D eigenvalue weighted by Crippen LogP contribution is -2.55. The minimum absolute atomic E-state index is 0.0412. The summed E-state index contributed by atoms with van der Waals surface area (Å²) < 4.78 is 5.15. The zero-order chi connectivity index (χ0) is 15.8. The molecule has 1 aliphatic rings. The second-order valence-corrected chi connectivity index (χ2v) is 5.95. The fraction of sp³-hybridized carbons (Fsp3) is 0.667. The van der Waals surface area contributed by atoms with Crippen LogP contribution in [0.4, 0.5) is 0 Å². The summed E-state index contributed by atoms with van der Waals surface area (Å²) in [7, 11) is 3.44. The molecule has 1 aromatic rings. The van der Waals surface area contributed by atoms with Crippen LogP contribution in [0.3, 0.4) is 0 Å². The Labute approximate surface area is 125 Å². The molecule has 0 aromatic carbocycles. The average molecular weight is 293 g/mol. The van der Waals surface area contributed by atoms with E-state index in [2.05, 4.69) is 5.16 Å². The molecule has 1 saturated heterocycles. The second-order valence-electron chi connectivity index (χ2n) is 5.95. The molecule has 2 rings (SSSR count). The highest BCUT2D eigenvalue weighted by molar-refractivity contribution is 6.00. The van der Waals surface area contributed by atoms with Crippen molar-refractivity contribution in [3.05, 3.63) is 17.0 Å². The van der Waals surface area contributed by atoms with Crippen molar-refractivity contribution >= 4 is 11.8 Å². The Morgan fingerprint density at radius 2 is 2.10 bits per heavy atom. The van der Waals surface area contributed by atoms with E-state index >= 15 is 0 Å². The Hall–Kier alpha value is -1.85. The highest BCUT2D eigenvalue weighted by Gasteiger charge is 2.47. The van der Waals surface area contributed by atoms with Gasteiger partial charge >= 0.3 is 0 Å². The number of hydrogen-bond acceptors (Lipinski definition) is 4. The topological polar surface area (TPSA) is 66.7 Å². The van der Waals surface area contributed by atoms with Gasteiger partial charge in [0.2, 0.25) is 5.91 Å². The number of carbonyl (C=O) groups is 2. The maximum absolute atomic E-state index is 12.9. The van der Waals surface area contributed by atoms with Crippen LogP contribution in [-0.2, 0) is 11.2 Å². The van der Waals surface area contributed by atoms with Crippen LogP contribution in [0, 0.1) is 6.92 Å². The average Bonchev–Trinajstić information content (AvgIpc) is 3.01. The SMILES string of the molecule is CCc1noc(C)c1C(=O)N1CCC[C@]1(C)C(=O)N(C)C. The molecule has 1 atom stereocenters. The quantitative estimate of drug-likeness (QED) is 0.849. The van der Waals surface area contributed by atoms with Gasteiger partial charge < -0.3 is 14.3 Å². The number of rotatable bonds is 3. The van der Waals surface area contributed by atoms with Crippen LogP contribution in [0.25, 0.3) is 0 Å².